The highest BCUT2D eigenvalue weighted by Gasteiger charge is 2.28. The van der Waals surface area contributed by atoms with Crippen molar-refractivity contribution in [2.45, 2.75) is 69.2 Å². The molecule has 1 aromatic heterocycles. The Balaban J connectivity index is 1.42. The van der Waals surface area contributed by atoms with Crippen molar-refractivity contribution in [1.82, 2.24) is 19.8 Å². The summed E-state index contributed by atoms with van der Waals surface area (Å²) in [7, 11) is -3.51. The number of nitrogens with zero attached hydrogens (tertiary/aromatic N) is 3. The van der Waals surface area contributed by atoms with Gasteiger partial charge in [-0.3, -0.25) is 4.79 Å². The molecule has 1 saturated heterocycles. The summed E-state index contributed by atoms with van der Waals surface area (Å²) < 4.78 is 32.4. The normalized spacial score (nSPS) is 19.8. The highest BCUT2D eigenvalue weighted by molar-refractivity contribution is 7.89. The smallest absolute Gasteiger partial charge is 0.316 e. The van der Waals surface area contributed by atoms with Crippen LogP contribution in [0.1, 0.15) is 69.0 Å². The molecule has 2 fully saturated rings. The van der Waals surface area contributed by atoms with E-state index in [-0.39, 0.29) is 28.6 Å². The van der Waals surface area contributed by atoms with Crippen LogP contribution in [0.4, 0.5) is 0 Å². The molecule has 4 rings (SSSR count). The van der Waals surface area contributed by atoms with E-state index in [0.29, 0.717) is 24.6 Å². The number of carbonyl (C=O) groups excluding carboxylic acids is 1. The Hall–Kier alpha value is -2.26. The summed E-state index contributed by atoms with van der Waals surface area (Å²) >= 11 is 0. The van der Waals surface area contributed by atoms with Gasteiger partial charge >= 0.3 is 11.8 Å². The van der Waals surface area contributed by atoms with Gasteiger partial charge in [-0.2, -0.15) is 9.29 Å². The summed E-state index contributed by atoms with van der Waals surface area (Å²) in [6.45, 7) is 3.25. The number of aromatic nitrogens is 2. The monoisotopic (exact) mass is 446 g/mol. The predicted molar refractivity (Wildman–Crippen MR) is 116 cm³/mol. The molecule has 0 bridgehead atoms. The molecule has 0 spiro atoms. The largest absolute Gasteiger partial charge is 0.345 e. The van der Waals surface area contributed by atoms with E-state index in [4.69, 9.17) is 4.52 Å². The Kier molecular flexibility index (Phi) is 6.71. The Bertz CT molecular complexity index is 987. The summed E-state index contributed by atoms with van der Waals surface area (Å²) in [4.78, 5) is 16.9. The minimum Gasteiger partial charge on any atom is -0.345 e. The summed E-state index contributed by atoms with van der Waals surface area (Å²) in [6.07, 6.45) is 8.35. The van der Waals surface area contributed by atoms with E-state index in [1.54, 1.807) is 28.6 Å². The molecule has 2 aromatic rings. The lowest BCUT2D eigenvalue weighted by molar-refractivity contribution is 0.0889. The minimum atomic E-state index is -3.51. The number of sulfonamides is 1. The maximum Gasteiger partial charge on any atom is 0.316 e. The van der Waals surface area contributed by atoms with E-state index >= 15 is 0 Å². The quantitative estimate of drug-likeness (QED) is 0.704. The zero-order chi connectivity index (χ0) is 21.8. The molecule has 0 atom stereocenters. The molecule has 8 nitrogen and oxygen atoms in total. The third-order valence-corrected chi connectivity index (χ3v) is 8.22. The standard InChI is InChI=1S/C22H30N4O4S/c1-16-12-14-26(15-13-16)31(28,29)19-10-8-17(9-11-19)20-24-22(30-25-20)21(27)23-18-6-4-2-3-5-7-18/h8-11,16,18H,2-7,12-15H2,1H3,(H,23,27). The Morgan fingerprint density at radius 3 is 2.32 bits per heavy atom. The van der Waals surface area contributed by atoms with E-state index in [9.17, 15) is 13.2 Å². The third-order valence-electron chi connectivity index (χ3n) is 6.30. The fourth-order valence-corrected chi connectivity index (χ4v) is 5.72. The highest BCUT2D eigenvalue weighted by atomic mass is 32.2. The fourth-order valence-electron chi connectivity index (χ4n) is 4.25. The van der Waals surface area contributed by atoms with Gasteiger partial charge in [0.25, 0.3) is 0 Å². The molecule has 2 heterocycles. The van der Waals surface area contributed by atoms with Crippen molar-refractivity contribution >= 4 is 15.9 Å². The van der Waals surface area contributed by atoms with Crippen LogP contribution in [0.15, 0.2) is 33.7 Å². The summed E-state index contributed by atoms with van der Waals surface area (Å²) in [5.41, 5.74) is 0.600. The average molecular weight is 447 g/mol. The van der Waals surface area contributed by atoms with Gasteiger partial charge in [-0.25, -0.2) is 8.42 Å². The first-order valence-corrected chi connectivity index (χ1v) is 12.6. The van der Waals surface area contributed by atoms with Crippen LogP contribution in [0.3, 0.4) is 0 Å². The lowest BCUT2D eigenvalue weighted by atomic mass is 10.0. The highest BCUT2D eigenvalue weighted by Crippen LogP contribution is 2.25. The van der Waals surface area contributed by atoms with Crippen molar-refractivity contribution < 1.29 is 17.7 Å². The van der Waals surface area contributed by atoms with Gasteiger partial charge in [0.05, 0.1) is 4.90 Å². The number of nitrogens with one attached hydrogen (secondary N) is 1. The van der Waals surface area contributed by atoms with Crippen molar-refractivity contribution in [1.29, 1.82) is 0 Å². The molecule has 0 unspecified atom stereocenters. The Morgan fingerprint density at radius 1 is 1.03 bits per heavy atom. The number of amides is 1. The van der Waals surface area contributed by atoms with Crippen LogP contribution < -0.4 is 5.32 Å². The van der Waals surface area contributed by atoms with Crippen LogP contribution in [0.25, 0.3) is 11.4 Å². The van der Waals surface area contributed by atoms with Crippen LogP contribution in [-0.2, 0) is 10.0 Å². The number of hydrogen-bond acceptors (Lipinski definition) is 6. The molecule has 1 aliphatic carbocycles. The van der Waals surface area contributed by atoms with Crippen LogP contribution in [-0.4, -0.2) is 47.9 Å². The Labute approximate surface area is 183 Å². The molecule has 1 N–H and O–H groups in total. The summed E-state index contributed by atoms with van der Waals surface area (Å²) in [6, 6.07) is 6.57. The zero-order valence-corrected chi connectivity index (χ0v) is 18.7. The van der Waals surface area contributed by atoms with Gasteiger partial charge in [0.1, 0.15) is 0 Å². The van der Waals surface area contributed by atoms with Crippen molar-refractivity contribution in [2.75, 3.05) is 13.1 Å². The predicted octanol–water partition coefficient (Wildman–Crippen LogP) is 3.61. The van der Waals surface area contributed by atoms with Crippen LogP contribution in [0, 0.1) is 5.92 Å². The number of rotatable bonds is 5. The first-order valence-electron chi connectivity index (χ1n) is 11.2. The van der Waals surface area contributed by atoms with Gasteiger partial charge in [-0.05, 0) is 55.9 Å². The van der Waals surface area contributed by atoms with Gasteiger partial charge in [-0.1, -0.05) is 37.8 Å². The molecule has 1 aliphatic heterocycles. The van der Waals surface area contributed by atoms with Gasteiger partial charge < -0.3 is 9.84 Å². The topological polar surface area (TPSA) is 105 Å². The number of hydrogen-bond donors (Lipinski definition) is 1. The van der Waals surface area contributed by atoms with Gasteiger partial charge in [-0.15, -0.1) is 0 Å². The minimum absolute atomic E-state index is 0.0709. The first-order chi connectivity index (χ1) is 14.9. The second-order valence-corrected chi connectivity index (χ2v) is 10.6. The number of carbonyl (C=O) groups is 1. The van der Waals surface area contributed by atoms with E-state index in [0.717, 1.165) is 38.5 Å². The van der Waals surface area contributed by atoms with Gasteiger partial charge in [0, 0.05) is 24.7 Å². The van der Waals surface area contributed by atoms with Gasteiger partial charge in [0.2, 0.25) is 15.8 Å². The zero-order valence-electron chi connectivity index (χ0n) is 17.9. The van der Waals surface area contributed by atoms with Crippen LogP contribution >= 0.6 is 0 Å². The fraction of sp³-hybridized carbons (Fsp3) is 0.591. The lowest BCUT2D eigenvalue weighted by Crippen LogP contribution is -2.37. The summed E-state index contributed by atoms with van der Waals surface area (Å²) in [5, 5.41) is 6.89. The second kappa shape index (κ2) is 9.48. The molecule has 31 heavy (non-hydrogen) atoms. The van der Waals surface area contributed by atoms with Crippen molar-refractivity contribution in [3.8, 4) is 11.4 Å². The van der Waals surface area contributed by atoms with E-state index in [1.807, 2.05) is 0 Å². The van der Waals surface area contributed by atoms with Crippen molar-refractivity contribution in [3.05, 3.63) is 30.2 Å². The Morgan fingerprint density at radius 2 is 1.68 bits per heavy atom. The maximum atomic E-state index is 12.9. The third kappa shape index (κ3) is 5.15. The molecule has 1 saturated carbocycles. The maximum absolute atomic E-state index is 12.9. The van der Waals surface area contributed by atoms with Crippen LogP contribution in [0.5, 0.6) is 0 Å². The van der Waals surface area contributed by atoms with Crippen molar-refractivity contribution in [2.24, 2.45) is 5.92 Å². The molecule has 1 amide bonds. The molecule has 0 radical (unpaired) electrons. The SMILES string of the molecule is CC1CCN(S(=O)(=O)c2ccc(-c3noc(C(=O)NC4CCCCCC4)n3)cc2)CC1. The molecule has 9 heteroatoms. The first kappa shape index (κ1) is 22.0. The molecule has 168 valence electrons. The average Bonchev–Trinajstić information content (AvgIpc) is 3.13. The van der Waals surface area contributed by atoms with E-state index < -0.39 is 10.0 Å². The molecule has 1 aromatic carbocycles. The van der Waals surface area contributed by atoms with Crippen molar-refractivity contribution in [3.63, 3.8) is 0 Å². The second-order valence-electron chi connectivity index (χ2n) is 8.70. The summed E-state index contributed by atoms with van der Waals surface area (Å²) in [5.74, 6) is 0.394. The molecule has 2 aliphatic rings. The van der Waals surface area contributed by atoms with E-state index in [2.05, 4.69) is 22.4 Å². The van der Waals surface area contributed by atoms with Crippen LogP contribution in [0.2, 0.25) is 0 Å². The number of benzene rings is 1. The number of piperidine rings is 1. The molecular formula is C22H30N4O4S. The van der Waals surface area contributed by atoms with Gasteiger partial charge in [0.15, 0.2) is 0 Å². The molecular weight excluding hydrogens is 416 g/mol. The van der Waals surface area contributed by atoms with E-state index in [1.165, 1.54) is 12.8 Å². The lowest BCUT2D eigenvalue weighted by Gasteiger charge is -2.29.